The summed E-state index contributed by atoms with van der Waals surface area (Å²) in [5.41, 5.74) is 2.05. The normalized spacial score (nSPS) is 12.0. The van der Waals surface area contributed by atoms with Gasteiger partial charge in [0.2, 0.25) is 0 Å². The third-order valence-corrected chi connectivity index (χ3v) is 4.01. The van der Waals surface area contributed by atoms with Crippen LogP contribution in [0.15, 0.2) is 72.8 Å². The second-order valence-corrected chi connectivity index (χ2v) is 5.62. The lowest BCUT2D eigenvalue weighted by Crippen LogP contribution is -2.13. The smallest absolute Gasteiger partial charge is 0.310 e. The van der Waals surface area contributed by atoms with Crippen molar-refractivity contribution in [1.82, 2.24) is 0 Å². The van der Waals surface area contributed by atoms with Crippen molar-refractivity contribution in [1.29, 1.82) is 0 Å². The Bertz CT molecular complexity index is 788. The van der Waals surface area contributed by atoms with Gasteiger partial charge in [-0.1, -0.05) is 79.7 Å². The van der Waals surface area contributed by atoms with Gasteiger partial charge in [-0.2, -0.15) is 0 Å². The Balaban J connectivity index is 1.80. The number of carbonyl (C=O) groups is 1. The van der Waals surface area contributed by atoms with Crippen LogP contribution >= 0.6 is 0 Å². The first-order valence-corrected chi connectivity index (χ1v) is 7.99. The molecule has 0 N–H and O–H groups in total. The molecule has 0 aliphatic carbocycles. The molecule has 1 atom stereocenters. The summed E-state index contributed by atoms with van der Waals surface area (Å²) in [5.74, 6) is -0.184. The van der Waals surface area contributed by atoms with E-state index in [-0.39, 0.29) is 12.1 Å². The zero-order valence-corrected chi connectivity index (χ0v) is 13.2. The number of hydrogen-bond acceptors (Lipinski definition) is 2. The Morgan fingerprint density at radius 3 is 2.39 bits per heavy atom. The van der Waals surface area contributed by atoms with Gasteiger partial charge in [-0.05, 0) is 22.8 Å². The Morgan fingerprint density at radius 2 is 1.61 bits per heavy atom. The average Bonchev–Trinajstić information content (AvgIpc) is 2.60. The minimum Gasteiger partial charge on any atom is -0.457 e. The van der Waals surface area contributed by atoms with E-state index >= 15 is 0 Å². The third-order valence-electron chi connectivity index (χ3n) is 4.01. The Kier molecular flexibility index (Phi) is 4.72. The number of hydrogen-bond donors (Lipinski definition) is 0. The molecule has 0 aliphatic heterocycles. The van der Waals surface area contributed by atoms with E-state index in [1.807, 2.05) is 61.5 Å². The van der Waals surface area contributed by atoms with Crippen molar-refractivity contribution in [3.05, 3.63) is 83.9 Å². The molecule has 0 unspecified atom stereocenters. The Hall–Kier alpha value is -2.61. The highest BCUT2D eigenvalue weighted by Gasteiger charge is 2.17. The summed E-state index contributed by atoms with van der Waals surface area (Å²) in [5, 5.41) is 2.32. The molecule has 116 valence electrons. The quantitative estimate of drug-likeness (QED) is 0.615. The number of rotatable bonds is 5. The van der Waals surface area contributed by atoms with Gasteiger partial charge >= 0.3 is 5.97 Å². The van der Waals surface area contributed by atoms with Crippen LogP contribution in [-0.2, 0) is 16.0 Å². The maximum atomic E-state index is 12.3. The highest BCUT2D eigenvalue weighted by molar-refractivity contribution is 5.86. The molecule has 3 rings (SSSR count). The van der Waals surface area contributed by atoms with Gasteiger partial charge in [0.05, 0.1) is 6.42 Å². The molecule has 0 aliphatic rings. The maximum Gasteiger partial charge on any atom is 0.310 e. The van der Waals surface area contributed by atoms with E-state index in [0.717, 1.165) is 22.9 Å². The second kappa shape index (κ2) is 7.10. The van der Waals surface area contributed by atoms with Crippen LogP contribution in [0.1, 0.15) is 30.6 Å². The monoisotopic (exact) mass is 304 g/mol. The van der Waals surface area contributed by atoms with Crippen molar-refractivity contribution < 1.29 is 9.53 Å². The molecule has 2 nitrogen and oxygen atoms in total. The lowest BCUT2D eigenvalue weighted by molar-refractivity contribution is -0.148. The first-order valence-electron chi connectivity index (χ1n) is 7.99. The van der Waals surface area contributed by atoms with Crippen LogP contribution in [0, 0.1) is 0 Å². The van der Waals surface area contributed by atoms with Crippen LogP contribution in [0.25, 0.3) is 10.8 Å². The molecule has 0 radical (unpaired) electrons. The fourth-order valence-electron chi connectivity index (χ4n) is 2.86. The fraction of sp³-hybridized carbons (Fsp3) is 0.190. The van der Waals surface area contributed by atoms with Crippen LogP contribution in [-0.4, -0.2) is 5.97 Å². The van der Waals surface area contributed by atoms with E-state index in [0.29, 0.717) is 6.42 Å². The van der Waals surface area contributed by atoms with Crippen LogP contribution < -0.4 is 0 Å². The largest absolute Gasteiger partial charge is 0.457 e. The van der Waals surface area contributed by atoms with Crippen molar-refractivity contribution in [2.24, 2.45) is 0 Å². The topological polar surface area (TPSA) is 26.3 Å². The van der Waals surface area contributed by atoms with Crippen LogP contribution in [0.4, 0.5) is 0 Å². The van der Waals surface area contributed by atoms with Crippen molar-refractivity contribution in [2.75, 3.05) is 0 Å². The number of esters is 1. The molecule has 0 heterocycles. The number of carbonyl (C=O) groups excluding carboxylic acids is 1. The molecular weight excluding hydrogens is 284 g/mol. The lowest BCUT2D eigenvalue weighted by Gasteiger charge is -2.18. The van der Waals surface area contributed by atoms with Crippen molar-refractivity contribution in [3.8, 4) is 0 Å². The third kappa shape index (κ3) is 3.59. The predicted molar refractivity (Wildman–Crippen MR) is 93.2 cm³/mol. The summed E-state index contributed by atoms with van der Waals surface area (Å²) >= 11 is 0. The number of ether oxygens (including phenoxy) is 1. The van der Waals surface area contributed by atoms with Gasteiger partial charge in [-0.25, -0.2) is 0 Å². The van der Waals surface area contributed by atoms with Gasteiger partial charge in [0.25, 0.3) is 0 Å². The molecule has 0 spiro atoms. The molecule has 0 aromatic heterocycles. The Labute approximate surface area is 136 Å². The van der Waals surface area contributed by atoms with Gasteiger partial charge in [0.15, 0.2) is 0 Å². The molecule has 0 saturated heterocycles. The SMILES string of the molecule is CC[C@@H](OC(=O)Cc1ccccc1)c1cccc2ccccc12. The zero-order chi connectivity index (χ0) is 16.1. The Morgan fingerprint density at radius 1 is 0.913 bits per heavy atom. The molecular formula is C21H20O2. The van der Waals surface area contributed by atoms with Gasteiger partial charge in [0, 0.05) is 5.56 Å². The van der Waals surface area contributed by atoms with Gasteiger partial charge < -0.3 is 4.74 Å². The molecule has 3 aromatic rings. The summed E-state index contributed by atoms with van der Waals surface area (Å²) in [7, 11) is 0. The van der Waals surface area contributed by atoms with E-state index in [1.54, 1.807) is 0 Å². The minimum atomic E-state index is -0.211. The molecule has 0 saturated carbocycles. The van der Waals surface area contributed by atoms with Crippen LogP contribution in [0.2, 0.25) is 0 Å². The van der Waals surface area contributed by atoms with E-state index in [1.165, 1.54) is 5.39 Å². The molecule has 0 bridgehead atoms. The highest BCUT2D eigenvalue weighted by atomic mass is 16.5. The standard InChI is InChI=1S/C21H20O2/c1-2-20(23-21(22)15-16-9-4-3-5-10-16)19-14-8-12-17-11-6-7-13-18(17)19/h3-14,20H,2,15H2,1H3/t20-/m1/s1. The van der Waals surface area contributed by atoms with Gasteiger partial charge in [-0.15, -0.1) is 0 Å². The summed E-state index contributed by atoms with van der Waals surface area (Å²) in [6.45, 7) is 2.04. The molecule has 3 aromatic carbocycles. The van der Waals surface area contributed by atoms with E-state index in [4.69, 9.17) is 4.74 Å². The maximum absolute atomic E-state index is 12.3. The van der Waals surface area contributed by atoms with Crippen molar-refractivity contribution in [3.63, 3.8) is 0 Å². The lowest BCUT2D eigenvalue weighted by atomic mass is 9.99. The van der Waals surface area contributed by atoms with E-state index in [9.17, 15) is 4.79 Å². The number of benzene rings is 3. The summed E-state index contributed by atoms with van der Waals surface area (Å²) in [6, 6.07) is 24.1. The number of fused-ring (bicyclic) bond motifs is 1. The van der Waals surface area contributed by atoms with Crippen LogP contribution in [0.3, 0.4) is 0 Å². The molecule has 23 heavy (non-hydrogen) atoms. The van der Waals surface area contributed by atoms with Crippen molar-refractivity contribution in [2.45, 2.75) is 25.9 Å². The first kappa shape index (κ1) is 15.3. The summed E-state index contributed by atoms with van der Waals surface area (Å²) in [4.78, 5) is 12.3. The minimum absolute atomic E-state index is 0.184. The molecule has 0 amide bonds. The van der Waals surface area contributed by atoms with E-state index < -0.39 is 0 Å². The average molecular weight is 304 g/mol. The van der Waals surface area contributed by atoms with Gasteiger partial charge in [-0.3, -0.25) is 4.79 Å². The van der Waals surface area contributed by atoms with Crippen LogP contribution in [0.5, 0.6) is 0 Å². The summed E-state index contributed by atoms with van der Waals surface area (Å²) < 4.78 is 5.76. The predicted octanol–water partition coefficient (Wildman–Crippen LogP) is 5.08. The molecule has 2 heteroatoms. The highest BCUT2D eigenvalue weighted by Crippen LogP contribution is 2.29. The zero-order valence-electron chi connectivity index (χ0n) is 13.2. The van der Waals surface area contributed by atoms with Crippen molar-refractivity contribution >= 4 is 16.7 Å². The second-order valence-electron chi connectivity index (χ2n) is 5.62. The summed E-state index contributed by atoms with van der Waals surface area (Å²) in [6.07, 6.45) is 0.855. The van der Waals surface area contributed by atoms with Gasteiger partial charge in [0.1, 0.15) is 6.10 Å². The molecule has 0 fully saturated rings. The van der Waals surface area contributed by atoms with E-state index in [2.05, 4.69) is 18.2 Å². The fourth-order valence-corrected chi connectivity index (χ4v) is 2.86. The first-order chi connectivity index (χ1) is 11.3.